The van der Waals surface area contributed by atoms with Gasteiger partial charge in [-0.1, -0.05) is 54.6 Å². The first-order valence-electron chi connectivity index (χ1n) is 7.16. The molecule has 21 heavy (non-hydrogen) atoms. The van der Waals surface area contributed by atoms with Crippen LogP contribution >= 0.6 is 0 Å². The molecule has 0 amide bonds. The second-order valence-corrected chi connectivity index (χ2v) is 5.43. The van der Waals surface area contributed by atoms with Crippen LogP contribution < -0.4 is 0 Å². The predicted octanol–water partition coefficient (Wildman–Crippen LogP) is 5.36. The molecule has 0 atom stereocenters. The van der Waals surface area contributed by atoms with Gasteiger partial charge in [-0.2, -0.15) is 0 Å². The van der Waals surface area contributed by atoms with E-state index in [1.165, 1.54) is 32.7 Å². The van der Waals surface area contributed by atoms with Crippen molar-refractivity contribution in [2.24, 2.45) is 0 Å². The molecule has 0 bridgehead atoms. The summed E-state index contributed by atoms with van der Waals surface area (Å²) >= 11 is 0. The fourth-order valence-electron chi connectivity index (χ4n) is 2.86. The summed E-state index contributed by atoms with van der Waals surface area (Å²) in [6.45, 7) is 2.15. The van der Waals surface area contributed by atoms with Crippen molar-refractivity contribution in [3.05, 3.63) is 78.5 Å². The van der Waals surface area contributed by atoms with Crippen molar-refractivity contribution in [3.8, 4) is 11.3 Å². The standard InChI is InChI=1S/C20H15N/c1-14-10-15-6-2-3-7-16(15)11-19(14)20-12-17-8-4-5-9-18(17)13-21-20/h2-13H,1H3. The molecule has 0 radical (unpaired) electrons. The van der Waals surface area contributed by atoms with Crippen molar-refractivity contribution >= 4 is 21.5 Å². The van der Waals surface area contributed by atoms with Crippen LogP contribution in [0.5, 0.6) is 0 Å². The van der Waals surface area contributed by atoms with Gasteiger partial charge in [0.2, 0.25) is 0 Å². The number of fused-ring (bicyclic) bond motifs is 2. The summed E-state index contributed by atoms with van der Waals surface area (Å²) in [6.07, 6.45) is 1.96. The van der Waals surface area contributed by atoms with E-state index < -0.39 is 0 Å². The molecule has 1 nitrogen and oxygen atoms in total. The number of pyridine rings is 1. The highest BCUT2D eigenvalue weighted by Crippen LogP contribution is 2.28. The largest absolute Gasteiger partial charge is 0.256 e. The first kappa shape index (κ1) is 12.1. The fourth-order valence-corrected chi connectivity index (χ4v) is 2.86. The van der Waals surface area contributed by atoms with Gasteiger partial charge in [-0.3, -0.25) is 4.98 Å². The topological polar surface area (TPSA) is 12.9 Å². The SMILES string of the molecule is Cc1cc2ccccc2cc1-c1cc2ccccc2cn1. The molecule has 3 aromatic carbocycles. The van der Waals surface area contributed by atoms with Crippen molar-refractivity contribution in [1.82, 2.24) is 4.98 Å². The molecule has 1 heterocycles. The van der Waals surface area contributed by atoms with Gasteiger partial charge in [0.15, 0.2) is 0 Å². The number of hydrogen-bond acceptors (Lipinski definition) is 1. The Balaban J connectivity index is 1.96. The van der Waals surface area contributed by atoms with Gasteiger partial charge < -0.3 is 0 Å². The van der Waals surface area contributed by atoms with Crippen molar-refractivity contribution in [2.45, 2.75) is 6.92 Å². The highest BCUT2D eigenvalue weighted by molar-refractivity contribution is 5.91. The quantitative estimate of drug-likeness (QED) is 0.453. The number of aryl methyl sites for hydroxylation is 1. The zero-order valence-electron chi connectivity index (χ0n) is 11.9. The third-order valence-corrected chi connectivity index (χ3v) is 4.00. The Morgan fingerprint density at radius 1 is 0.667 bits per heavy atom. The summed E-state index contributed by atoms with van der Waals surface area (Å²) in [5.74, 6) is 0. The van der Waals surface area contributed by atoms with Crippen molar-refractivity contribution in [2.75, 3.05) is 0 Å². The van der Waals surface area contributed by atoms with Crippen LogP contribution in [-0.4, -0.2) is 4.98 Å². The monoisotopic (exact) mass is 269 g/mol. The lowest BCUT2D eigenvalue weighted by Gasteiger charge is -2.09. The van der Waals surface area contributed by atoms with Gasteiger partial charge in [-0.15, -0.1) is 0 Å². The summed E-state index contributed by atoms with van der Waals surface area (Å²) in [5.41, 5.74) is 3.51. The third kappa shape index (κ3) is 2.07. The van der Waals surface area contributed by atoms with Crippen LogP contribution in [0.2, 0.25) is 0 Å². The lowest BCUT2D eigenvalue weighted by Crippen LogP contribution is -1.88. The number of aromatic nitrogens is 1. The molecule has 0 aliphatic heterocycles. The van der Waals surface area contributed by atoms with Crippen LogP contribution in [0.1, 0.15) is 5.56 Å². The fraction of sp³-hybridized carbons (Fsp3) is 0.0500. The summed E-state index contributed by atoms with van der Waals surface area (Å²) < 4.78 is 0. The first-order valence-corrected chi connectivity index (χ1v) is 7.16. The maximum atomic E-state index is 4.64. The number of rotatable bonds is 1. The van der Waals surface area contributed by atoms with Gasteiger partial charge >= 0.3 is 0 Å². The summed E-state index contributed by atoms with van der Waals surface area (Å²) in [5, 5.41) is 4.95. The molecule has 0 saturated carbocycles. The Morgan fingerprint density at radius 3 is 1.95 bits per heavy atom. The molecular weight excluding hydrogens is 254 g/mol. The van der Waals surface area contributed by atoms with Crippen LogP contribution in [0.15, 0.2) is 72.9 Å². The van der Waals surface area contributed by atoms with Gasteiger partial charge in [0.25, 0.3) is 0 Å². The Kier molecular flexibility index (Phi) is 2.71. The third-order valence-electron chi connectivity index (χ3n) is 4.00. The van der Waals surface area contributed by atoms with Crippen molar-refractivity contribution in [1.29, 1.82) is 0 Å². The molecule has 0 N–H and O–H groups in total. The van der Waals surface area contributed by atoms with Gasteiger partial charge in [0, 0.05) is 17.1 Å². The smallest absolute Gasteiger partial charge is 0.0711 e. The van der Waals surface area contributed by atoms with Crippen LogP contribution in [-0.2, 0) is 0 Å². The highest BCUT2D eigenvalue weighted by atomic mass is 14.7. The molecule has 0 aliphatic rings. The van der Waals surface area contributed by atoms with E-state index in [9.17, 15) is 0 Å². The van der Waals surface area contributed by atoms with Gasteiger partial charge in [0.1, 0.15) is 0 Å². The minimum atomic E-state index is 1.04. The number of nitrogens with zero attached hydrogens (tertiary/aromatic N) is 1. The number of benzene rings is 3. The molecule has 0 aliphatic carbocycles. The van der Waals surface area contributed by atoms with E-state index in [0.717, 1.165) is 5.69 Å². The Morgan fingerprint density at radius 2 is 1.24 bits per heavy atom. The van der Waals surface area contributed by atoms with Crippen LogP contribution in [0, 0.1) is 6.92 Å². The van der Waals surface area contributed by atoms with Crippen LogP contribution in [0.3, 0.4) is 0 Å². The average molecular weight is 269 g/mol. The molecule has 100 valence electrons. The molecule has 0 spiro atoms. The predicted molar refractivity (Wildman–Crippen MR) is 89.4 cm³/mol. The minimum Gasteiger partial charge on any atom is -0.256 e. The van der Waals surface area contributed by atoms with Gasteiger partial charge in [-0.25, -0.2) is 0 Å². The van der Waals surface area contributed by atoms with Crippen molar-refractivity contribution < 1.29 is 0 Å². The molecule has 1 aromatic heterocycles. The molecule has 0 fully saturated rings. The molecule has 0 saturated heterocycles. The molecular formula is C20H15N. The maximum Gasteiger partial charge on any atom is 0.0711 e. The minimum absolute atomic E-state index is 1.04. The Hall–Kier alpha value is -2.67. The Labute approximate surface area is 123 Å². The van der Waals surface area contributed by atoms with E-state index in [1.807, 2.05) is 12.3 Å². The second kappa shape index (κ2) is 4.71. The summed E-state index contributed by atoms with van der Waals surface area (Å²) in [6, 6.07) is 23.5. The zero-order valence-corrected chi connectivity index (χ0v) is 11.9. The average Bonchev–Trinajstić information content (AvgIpc) is 2.54. The second-order valence-electron chi connectivity index (χ2n) is 5.43. The van der Waals surface area contributed by atoms with Crippen LogP contribution in [0.25, 0.3) is 32.8 Å². The number of hydrogen-bond donors (Lipinski definition) is 0. The van der Waals surface area contributed by atoms with Gasteiger partial charge in [-0.05, 0) is 40.8 Å². The maximum absolute atomic E-state index is 4.64. The van der Waals surface area contributed by atoms with E-state index in [4.69, 9.17) is 0 Å². The van der Waals surface area contributed by atoms with Crippen LogP contribution in [0.4, 0.5) is 0 Å². The normalized spacial score (nSPS) is 11.1. The van der Waals surface area contributed by atoms with E-state index in [0.29, 0.717) is 0 Å². The summed E-state index contributed by atoms with van der Waals surface area (Å²) in [4.78, 5) is 4.64. The van der Waals surface area contributed by atoms with Gasteiger partial charge in [0.05, 0.1) is 5.69 Å². The lowest BCUT2D eigenvalue weighted by atomic mass is 9.98. The zero-order chi connectivity index (χ0) is 14.2. The lowest BCUT2D eigenvalue weighted by molar-refractivity contribution is 1.34. The van der Waals surface area contributed by atoms with E-state index in [-0.39, 0.29) is 0 Å². The molecule has 0 unspecified atom stereocenters. The molecule has 4 aromatic rings. The van der Waals surface area contributed by atoms with Crippen molar-refractivity contribution in [3.63, 3.8) is 0 Å². The highest BCUT2D eigenvalue weighted by Gasteiger charge is 2.06. The Bertz CT molecular complexity index is 954. The summed E-state index contributed by atoms with van der Waals surface area (Å²) in [7, 11) is 0. The molecule has 1 heteroatoms. The van der Waals surface area contributed by atoms with E-state index in [2.05, 4.69) is 72.6 Å². The van der Waals surface area contributed by atoms with E-state index >= 15 is 0 Å². The van der Waals surface area contributed by atoms with E-state index in [1.54, 1.807) is 0 Å². The molecule has 4 rings (SSSR count). The first-order chi connectivity index (χ1) is 10.3.